The van der Waals surface area contributed by atoms with E-state index >= 15 is 0 Å². The van der Waals surface area contributed by atoms with Crippen LogP contribution in [0.25, 0.3) is 0 Å². The standard InChI is InChI=1S/C11H11Cl2NO3S/c12-9-5-8(6-10(7-9)18(13,16)17)11(15)14-3-1-2-4-14/h5-7H,1-4H2. The number of carbonyl (C=O) groups excluding carboxylic acids is 1. The van der Waals surface area contributed by atoms with Crippen LogP contribution in [0.4, 0.5) is 0 Å². The van der Waals surface area contributed by atoms with Gasteiger partial charge in [0, 0.05) is 34.4 Å². The topological polar surface area (TPSA) is 54.5 Å². The van der Waals surface area contributed by atoms with Gasteiger partial charge in [-0.05, 0) is 31.0 Å². The lowest BCUT2D eigenvalue weighted by molar-refractivity contribution is 0.0792. The van der Waals surface area contributed by atoms with E-state index in [1.807, 2.05) is 0 Å². The summed E-state index contributed by atoms with van der Waals surface area (Å²) in [5.74, 6) is -0.212. The molecule has 0 aromatic heterocycles. The van der Waals surface area contributed by atoms with E-state index in [1.165, 1.54) is 18.2 Å². The van der Waals surface area contributed by atoms with Gasteiger partial charge >= 0.3 is 0 Å². The molecule has 1 saturated heterocycles. The Bertz CT molecular complexity index is 580. The Morgan fingerprint density at radius 1 is 1.17 bits per heavy atom. The second-order valence-electron chi connectivity index (χ2n) is 4.11. The van der Waals surface area contributed by atoms with E-state index in [-0.39, 0.29) is 21.4 Å². The maximum Gasteiger partial charge on any atom is 0.261 e. The monoisotopic (exact) mass is 307 g/mol. The van der Waals surface area contributed by atoms with Gasteiger partial charge in [0.15, 0.2) is 0 Å². The zero-order valence-corrected chi connectivity index (χ0v) is 11.7. The van der Waals surface area contributed by atoms with Gasteiger partial charge in [0.05, 0.1) is 4.90 Å². The summed E-state index contributed by atoms with van der Waals surface area (Å²) in [5, 5.41) is 0.180. The minimum Gasteiger partial charge on any atom is -0.339 e. The highest BCUT2D eigenvalue weighted by Crippen LogP contribution is 2.23. The highest BCUT2D eigenvalue weighted by molar-refractivity contribution is 8.13. The fraction of sp³-hybridized carbons (Fsp3) is 0.364. The number of carbonyl (C=O) groups is 1. The van der Waals surface area contributed by atoms with E-state index in [2.05, 4.69) is 0 Å². The number of halogens is 2. The van der Waals surface area contributed by atoms with Gasteiger partial charge in [-0.25, -0.2) is 8.42 Å². The van der Waals surface area contributed by atoms with Crippen molar-refractivity contribution in [1.29, 1.82) is 0 Å². The van der Waals surface area contributed by atoms with Crippen LogP contribution in [0.1, 0.15) is 23.2 Å². The second kappa shape index (κ2) is 5.07. The van der Waals surface area contributed by atoms with Crippen molar-refractivity contribution >= 4 is 37.2 Å². The summed E-state index contributed by atoms with van der Waals surface area (Å²) < 4.78 is 22.5. The number of nitrogens with zero attached hydrogens (tertiary/aromatic N) is 1. The normalized spacial score (nSPS) is 16.0. The van der Waals surface area contributed by atoms with Gasteiger partial charge in [0.2, 0.25) is 0 Å². The number of hydrogen-bond donors (Lipinski definition) is 0. The molecule has 98 valence electrons. The smallest absolute Gasteiger partial charge is 0.261 e. The van der Waals surface area contributed by atoms with Crippen LogP contribution >= 0.6 is 22.3 Å². The summed E-state index contributed by atoms with van der Waals surface area (Å²) in [5.41, 5.74) is 0.253. The largest absolute Gasteiger partial charge is 0.339 e. The van der Waals surface area contributed by atoms with E-state index in [9.17, 15) is 13.2 Å². The van der Waals surface area contributed by atoms with Crippen LogP contribution in [-0.4, -0.2) is 32.3 Å². The van der Waals surface area contributed by atoms with Gasteiger partial charge in [-0.2, -0.15) is 0 Å². The maximum atomic E-state index is 12.1. The van der Waals surface area contributed by atoms with Crippen LogP contribution in [0, 0.1) is 0 Å². The second-order valence-corrected chi connectivity index (χ2v) is 7.12. The average Bonchev–Trinajstić information content (AvgIpc) is 2.79. The summed E-state index contributed by atoms with van der Waals surface area (Å²) in [6.45, 7) is 1.38. The van der Waals surface area contributed by atoms with Crippen molar-refractivity contribution < 1.29 is 13.2 Å². The number of amides is 1. The molecule has 4 nitrogen and oxygen atoms in total. The predicted octanol–water partition coefficient (Wildman–Crippen LogP) is 2.50. The van der Waals surface area contributed by atoms with Crippen LogP contribution in [0.2, 0.25) is 5.02 Å². The molecule has 18 heavy (non-hydrogen) atoms. The Morgan fingerprint density at radius 2 is 1.78 bits per heavy atom. The van der Waals surface area contributed by atoms with Gasteiger partial charge < -0.3 is 4.90 Å². The fourth-order valence-electron chi connectivity index (χ4n) is 1.93. The molecule has 2 rings (SSSR count). The van der Waals surface area contributed by atoms with Gasteiger partial charge in [0.25, 0.3) is 15.0 Å². The highest BCUT2D eigenvalue weighted by Gasteiger charge is 2.22. The maximum absolute atomic E-state index is 12.1. The van der Waals surface area contributed by atoms with Crippen molar-refractivity contribution in [2.24, 2.45) is 0 Å². The number of rotatable bonds is 2. The third-order valence-corrected chi connectivity index (χ3v) is 4.34. The molecule has 0 aliphatic carbocycles. The fourth-order valence-corrected chi connectivity index (χ4v) is 3.03. The van der Waals surface area contributed by atoms with Crippen LogP contribution in [0.5, 0.6) is 0 Å². The molecule has 0 bridgehead atoms. The molecule has 0 unspecified atom stereocenters. The van der Waals surface area contributed by atoms with Gasteiger partial charge in [-0.1, -0.05) is 11.6 Å². The summed E-state index contributed by atoms with van der Waals surface area (Å²) in [6.07, 6.45) is 1.93. The van der Waals surface area contributed by atoms with E-state index in [4.69, 9.17) is 22.3 Å². The van der Waals surface area contributed by atoms with Crippen molar-refractivity contribution in [2.75, 3.05) is 13.1 Å². The lowest BCUT2D eigenvalue weighted by Crippen LogP contribution is -2.27. The predicted molar refractivity (Wildman–Crippen MR) is 69.6 cm³/mol. The molecule has 1 amide bonds. The lowest BCUT2D eigenvalue weighted by atomic mass is 10.2. The van der Waals surface area contributed by atoms with Crippen molar-refractivity contribution in [3.8, 4) is 0 Å². The van der Waals surface area contributed by atoms with Crippen molar-refractivity contribution in [2.45, 2.75) is 17.7 Å². The van der Waals surface area contributed by atoms with Gasteiger partial charge in [0.1, 0.15) is 0 Å². The third kappa shape index (κ3) is 2.96. The molecule has 1 aromatic carbocycles. The van der Waals surface area contributed by atoms with Crippen molar-refractivity contribution in [3.63, 3.8) is 0 Å². The third-order valence-electron chi connectivity index (χ3n) is 2.79. The molecule has 0 spiro atoms. The quantitative estimate of drug-likeness (QED) is 0.789. The number of likely N-dealkylation sites (tertiary alicyclic amines) is 1. The Kier molecular flexibility index (Phi) is 3.84. The summed E-state index contributed by atoms with van der Waals surface area (Å²) in [6, 6.07) is 3.94. The molecule has 1 fully saturated rings. The zero-order chi connectivity index (χ0) is 13.3. The lowest BCUT2D eigenvalue weighted by Gasteiger charge is -2.15. The molecule has 7 heteroatoms. The van der Waals surface area contributed by atoms with E-state index in [0.29, 0.717) is 13.1 Å². The summed E-state index contributed by atoms with van der Waals surface area (Å²) in [4.78, 5) is 13.6. The van der Waals surface area contributed by atoms with E-state index in [1.54, 1.807) is 4.90 Å². The molecular weight excluding hydrogens is 297 g/mol. The Morgan fingerprint density at radius 3 is 2.33 bits per heavy atom. The molecule has 1 aromatic rings. The first-order valence-electron chi connectivity index (χ1n) is 5.42. The minimum atomic E-state index is -3.89. The Labute approximate surface area is 115 Å². The molecule has 0 saturated carbocycles. The first-order valence-corrected chi connectivity index (χ1v) is 8.11. The zero-order valence-electron chi connectivity index (χ0n) is 9.40. The van der Waals surface area contributed by atoms with Gasteiger partial charge in [-0.3, -0.25) is 4.79 Å². The summed E-state index contributed by atoms with van der Waals surface area (Å²) in [7, 11) is 1.37. The molecule has 0 atom stereocenters. The van der Waals surface area contributed by atoms with Crippen LogP contribution in [0.15, 0.2) is 23.1 Å². The van der Waals surface area contributed by atoms with E-state index < -0.39 is 9.05 Å². The first kappa shape index (κ1) is 13.6. The highest BCUT2D eigenvalue weighted by atomic mass is 35.7. The molecule has 0 N–H and O–H groups in total. The van der Waals surface area contributed by atoms with Crippen molar-refractivity contribution in [3.05, 3.63) is 28.8 Å². The molecule has 1 aliphatic rings. The number of hydrogen-bond acceptors (Lipinski definition) is 3. The Hall–Kier alpha value is -0.780. The first-order chi connectivity index (χ1) is 8.38. The van der Waals surface area contributed by atoms with Crippen LogP contribution in [-0.2, 0) is 9.05 Å². The SMILES string of the molecule is O=C(c1cc(Cl)cc(S(=O)(=O)Cl)c1)N1CCCC1. The average molecular weight is 308 g/mol. The van der Waals surface area contributed by atoms with Gasteiger partial charge in [-0.15, -0.1) is 0 Å². The van der Waals surface area contributed by atoms with Crippen LogP contribution in [0.3, 0.4) is 0 Å². The van der Waals surface area contributed by atoms with Crippen molar-refractivity contribution in [1.82, 2.24) is 4.90 Å². The molecule has 1 heterocycles. The molecular formula is C11H11Cl2NO3S. The number of benzene rings is 1. The van der Waals surface area contributed by atoms with E-state index in [0.717, 1.165) is 12.8 Å². The minimum absolute atomic E-state index is 0.154. The van der Waals surface area contributed by atoms with Crippen LogP contribution < -0.4 is 0 Å². The Balaban J connectivity index is 2.39. The molecule has 1 aliphatic heterocycles. The summed E-state index contributed by atoms with van der Waals surface area (Å²) >= 11 is 5.81. The molecule has 0 radical (unpaired) electrons.